The Bertz CT molecular complexity index is 474. The lowest BCUT2D eigenvalue weighted by atomic mass is 9.87. The standard InChI is InChI=1S/C18H27NO2/c1-13-5-2-8-16-17(9-4-10-21-18(13)16)19-12-14-6-3-7-15(20)11-14/h2,5,8,14-15,17,19-20H,3-4,6-7,9-12H2,1H3. The van der Waals surface area contributed by atoms with E-state index in [2.05, 4.69) is 30.4 Å². The van der Waals surface area contributed by atoms with Crippen LogP contribution in [-0.4, -0.2) is 24.4 Å². The molecule has 21 heavy (non-hydrogen) atoms. The van der Waals surface area contributed by atoms with E-state index < -0.39 is 0 Å². The lowest BCUT2D eigenvalue weighted by molar-refractivity contribution is 0.0995. The van der Waals surface area contributed by atoms with Crippen molar-refractivity contribution in [1.29, 1.82) is 0 Å². The van der Waals surface area contributed by atoms with Crippen LogP contribution < -0.4 is 10.1 Å². The van der Waals surface area contributed by atoms with Crippen molar-refractivity contribution >= 4 is 0 Å². The highest BCUT2D eigenvalue weighted by Crippen LogP contribution is 2.34. The van der Waals surface area contributed by atoms with Crippen molar-refractivity contribution in [2.75, 3.05) is 13.2 Å². The molecule has 1 saturated carbocycles. The quantitative estimate of drug-likeness (QED) is 0.896. The fraction of sp³-hybridized carbons (Fsp3) is 0.667. The van der Waals surface area contributed by atoms with Crippen LogP contribution in [0.25, 0.3) is 0 Å². The van der Waals surface area contributed by atoms with E-state index in [1.807, 2.05) is 0 Å². The van der Waals surface area contributed by atoms with Crippen LogP contribution in [0.15, 0.2) is 18.2 Å². The van der Waals surface area contributed by atoms with Crippen LogP contribution in [0.3, 0.4) is 0 Å². The molecule has 3 heteroatoms. The van der Waals surface area contributed by atoms with Crippen LogP contribution in [-0.2, 0) is 0 Å². The maximum Gasteiger partial charge on any atom is 0.126 e. The van der Waals surface area contributed by atoms with Gasteiger partial charge in [0, 0.05) is 11.6 Å². The van der Waals surface area contributed by atoms with Crippen LogP contribution >= 0.6 is 0 Å². The number of hydrogen-bond acceptors (Lipinski definition) is 3. The molecule has 0 bridgehead atoms. The van der Waals surface area contributed by atoms with Gasteiger partial charge in [-0.25, -0.2) is 0 Å². The Morgan fingerprint density at radius 1 is 1.24 bits per heavy atom. The normalized spacial score (nSPS) is 29.3. The van der Waals surface area contributed by atoms with E-state index in [4.69, 9.17) is 4.74 Å². The summed E-state index contributed by atoms with van der Waals surface area (Å²) in [5.74, 6) is 1.70. The van der Waals surface area contributed by atoms with E-state index in [0.717, 1.165) is 51.0 Å². The van der Waals surface area contributed by atoms with Crippen molar-refractivity contribution in [3.8, 4) is 5.75 Å². The first-order valence-electron chi connectivity index (χ1n) is 8.38. The predicted molar refractivity (Wildman–Crippen MR) is 84.6 cm³/mol. The highest BCUT2D eigenvalue weighted by atomic mass is 16.5. The highest BCUT2D eigenvalue weighted by molar-refractivity contribution is 5.43. The molecule has 0 radical (unpaired) electrons. The first-order valence-corrected chi connectivity index (χ1v) is 8.38. The molecule has 1 aromatic rings. The number of benzene rings is 1. The van der Waals surface area contributed by atoms with Crippen molar-refractivity contribution in [2.24, 2.45) is 5.92 Å². The first-order chi connectivity index (χ1) is 10.2. The summed E-state index contributed by atoms with van der Waals surface area (Å²) in [4.78, 5) is 0. The number of fused-ring (bicyclic) bond motifs is 1. The van der Waals surface area contributed by atoms with Crippen molar-refractivity contribution in [2.45, 2.75) is 57.6 Å². The number of ether oxygens (including phenoxy) is 1. The second kappa shape index (κ2) is 6.80. The average Bonchev–Trinajstić information content (AvgIpc) is 2.69. The summed E-state index contributed by atoms with van der Waals surface area (Å²) in [6.45, 7) is 3.95. The zero-order valence-electron chi connectivity index (χ0n) is 13.0. The van der Waals surface area contributed by atoms with Gasteiger partial charge < -0.3 is 15.2 Å². The smallest absolute Gasteiger partial charge is 0.126 e. The van der Waals surface area contributed by atoms with Crippen LogP contribution in [0, 0.1) is 12.8 Å². The molecule has 3 unspecified atom stereocenters. The van der Waals surface area contributed by atoms with Gasteiger partial charge in [-0.3, -0.25) is 0 Å². The molecule has 1 aliphatic carbocycles. The lowest BCUT2D eigenvalue weighted by Gasteiger charge is -2.28. The molecule has 0 spiro atoms. The summed E-state index contributed by atoms with van der Waals surface area (Å²) >= 11 is 0. The number of hydrogen-bond donors (Lipinski definition) is 2. The van der Waals surface area contributed by atoms with Gasteiger partial charge in [-0.05, 0) is 57.1 Å². The number of para-hydroxylation sites is 1. The summed E-state index contributed by atoms with van der Waals surface area (Å²) in [7, 11) is 0. The Morgan fingerprint density at radius 3 is 3.00 bits per heavy atom. The maximum atomic E-state index is 9.81. The Labute approximate surface area is 127 Å². The third-order valence-electron chi connectivity index (χ3n) is 4.91. The van der Waals surface area contributed by atoms with E-state index >= 15 is 0 Å². The number of aliphatic hydroxyl groups is 1. The molecule has 2 N–H and O–H groups in total. The third kappa shape index (κ3) is 3.58. The SMILES string of the molecule is Cc1cccc2c1OCCCC2NCC1CCCC(O)C1. The molecule has 3 rings (SSSR count). The van der Waals surface area contributed by atoms with Gasteiger partial charge in [0.2, 0.25) is 0 Å². The topological polar surface area (TPSA) is 41.5 Å². The summed E-state index contributed by atoms with van der Waals surface area (Å²) in [5.41, 5.74) is 2.54. The average molecular weight is 289 g/mol. The predicted octanol–water partition coefficient (Wildman–Crippen LogP) is 3.35. The maximum absolute atomic E-state index is 9.81. The highest BCUT2D eigenvalue weighted by Gasteiger charge is 2.24. The minimum absolute atomic E-state index is 0.0856. The zero-order chi connectivity index (χ0) is 14.7. The lowest BCUT2D eigenvalue weighted by Crippen LogP contribution is -2.31. The first kappa shape index (κ1) is 14.9. The minimum atomic E-state index is -0.0856. The molecule has 116 valence electrons. The number of nitrogens with one attached hydrogen (secondary N) is 1. The monoisotopic (exact) mass is 289 g/mol. The largest absolute Gasteiger partial charge is 0.493 e. The van der Waals surface area contributed by atoms with Gasteiger partial charge in [0.05, 0.1) is 12.7 Å². The van der Waals surface area contributed by atoms with Gasteiger partial charge in [0.15, 0.2) is 0 Å². The van der Waals surface area contributed by atoms with E-state index in [-0.39, 0.29) is 6.10 Å². The molecular weight excluding hydrogens is 262 g/mol. The van der Waals surface area contributed by atoms with E-state index in [0.29, 0.717) is 12.0 Å². The Balaban J connectivity index is 1.67. The molecule has 0 saturated heterocycles. The molecule has 0 aromatic heterocycles. The van der Waals surface area contributed by atoms with Gasteiger partial charge in [0.1, 0.15) is 5.75 Å². The fourth-order valence-electron chi connectivity index (χ4n) is 3.73. The molecule has 1 aromatic carbocycles. The summed E-state index contributed by atoms with van der Waals surface area (Å²) in [6, 6.07) is 6.84. The molecular formula is C18H27NO2. The molecule has 2 aliphatic rings. The van der Waals surface area contributed by atoms with Crippen molar-refractivity contribution in [3.63, 3.8) is 0 Å². The van der Waals surface area contributed by atoms with Crippen LogP contribution in [0.5, 0.6) is 5.75 Å². The number of aryl methyl sites for hydroxylation is 1. The number of rotatable bonds is 3. The summed E-state index contributed by atoms with van der Waals surface area (Å²) in [5, 5.41) is 13.6. The Hall–Kier alpha value is -1.06. The fourth-order valence-corrected chi connectivity index (χ4v) is 3.73. The molecule has 3 nitrogen and oxygen atoms in total. The molecule has 1 aliphatic heterocycles. The van der Waals surface area contributed by atoms with Gasteiger partial charge in [-0.2, -0.15) is 0 Å². The third-order valence-corrected chi connectivity index (χ3v) is 4.91. The van der Waals surface area contributed by atoms with E-state index in [1.165, 1.54) is 17.5 Å². The zero-order valence-corrected chi connectivity index (χ0v) is 13.0. The van der Waals surface area contributed by atoms with Gasteiger partial charge in [0.25, 0.3) is 0 Å². The summed E-state index contributed by atoms with van der Waals surface area (Å²) < 4.78 is 5.94. The summed E-state index contributed by atoms with van der Waals surface area (Å²) in [6.07, 6.45) is 6.49. The van der Waals surface area contributed by atoms with Crippen molar-refractivity contribution in [3.05, 3.63) is 29.3 Å². The molecule has 1 fully saturated rings. The van der Waals surface area contributed by atoms with Crippen molar-refractivity contribution in [1.82, 2.24) is 5.32 Å². The molecule has 3 atom stereocenters. The van der Waals surface area contributed by atoms with Gasteiger partial charge in [-0.1, -0.05) is 24.6 Å². The van der Waals surface area contributed by atoms with Gasteiger partial charge >= 0.3 is 0 Å². The minimum Gasteiger partial charge on any atom is -0.493 e. The Morgan fingerprint density at radius 2 is 2.14 bits per heavy atom. The second-order valence-corrected chi connectivity index (χ2v) is 6.63. The van der Waals surface area contributed by atoms with Crippen LogP contribution in [0.4, 0.5) is 0 Å². The van der Waals surface area contributed by atoms with Crippen LogP contribution in [0.2, 0.25) is 0 Å². The van der Waals surface area contributed by atoms with E-state index in [9.17, 15) is 5.11 Å². The van der Waals surface area contributed by atoms with Crippen molar-refractivity contribution < 1.29 is 9.84 Å². The van der Waals surface area contributed by atoms with E-state index in [1.54, 1.807) is 0 Å². The van der Waals surface area contributed by atoms with Crippen LogP contribution in [0.1, 0.15) is 55.7 Å². The van der Waals surface area contributed by atoms with Gasteiger partial charge in [-0.15, -0.1) is 0 Å². The molecule has 1 heterocycles. The number of aliphatic hydroxyl groups excluding tert-OH is 1. The Kier molecular flexibility index (Phi) is 4.81. The molecule has 0 amide bonds. The second-order valence-electron chi connectivity index (χ2n) is 6.63.